The quantitative estimate of drug-likeness (QED) is 0.517. The molecule has 0 spiro atoms. The van der Waals surface area contributed by atoms with E-state index in [2.05, 4.69) is 14.8 Å². The highest BCUT2D eigenvalue weighted by atomic mass is 19.4. The molecule has 0 saturated carbocycles. The first-order valence-corrected chi connectivity index (χ1v) is 8.31. The zero-order valence-electron chi connectivity index (χ0n) is 15.1. The van der Waals surface area contributed by atoms with Crippen molar-refractivity contribution in [2.75, 3.05) is 7.11 Å². The molecule has 0 atom stereocenters. The second kappa shape index (κ2) is 8.00. The predicted octanol–water partition coefficient (Wildman–Crippen LogP) is 3.29. The molecule has 0 unspecified atom stereocenters. The van der Waals surface area contributed by atoms with E-state index in [1.165, 1.54) is 30.1 Å². The van der Waals surface area contributed by atoms with Gasteiger partial charge in [-0.1, -0.05) is 0 Å². The summed E-state index contributed by atoms with van der Waals surface area (Å²) >= 11 is 0. The van der Waals surface area contributed by atoms with Gasteiger partial charge in [-0.2, -0.15) is 18.3 Å². The molecule has 1 aromatic carbocycles. The molecule has 0 saturated heterocycles. The molecular weight excluding hydrogens is 394 g/mol. The summed E-state index contributed by atoms with van der Waals surface area (Å²) in [5, 5.41) is 13.5. The maximum absolute atomic E-state index is 13.6. The summed E-state index contributed by atoms with van der Waals surface area (Å²) in [5.41, 5.74) is -0.177. The number of halogens is 4. The Morgan fingerprint density at radius 1 is 1.17 bits per heavy atom. The van der Waals surface area contributed by atoms with Crippen molar-refractivity contribution in [2.45, 2.75) is 19.2 Å². The van der Waals surface area contributed by atoms with Crippen LogP contribution >= 0.6 is 0 Å². The van der Waals surface area contributed by atoms with Gasteiger partial charge in [0.15, 0.2) is 11.5 Å². The van der Waals surface area contributed by atoms with E-state index in [-0.39, 0.29) is 29.2 Å². The van der Waals surface area contributed by atoms with Crippen molar-refractivity contribution in [3.05, 3.63) is 76.5 Å². The van der Waals surface area contributed by atoms with Crippen molar-refractivity contribution in [3.63, 3.8) is 0 Å². The highest BCUT2D eigenvalue weighted by molar-refractivity contribution is 5.87. The van der Waals surface area contributed by atoms with Crippen LogP contribution in [0, 0.1) is 5.82 Å². The molecular formula is C19H15F4N3O3. The Balaban J connectivity index is 1.95. The van der Waals surface area contributed by atoms with Gasteiger partial charge in [-0.15, -0.1) is 0 Å². The number of hydrogen-bond donors (Lipinski definition) is 1. The second-order valence-electron chi connectivity index (χ2n) is 6.13. The van der Waals surface area contributed by atoms with Crippen LogP contribution in [0.2, 0.25) is 0 Å². The molecule has 3 aromatic rings. The lowest BCUT2D eigenvalue weighted by Gasteiger charge is -2.10. The Morgan fingerprint density at radius 3 is 2.59 bits per heavy atom. The maximum Gasteiger partial charge on any atom is 0.416 e. The number of rotatable bonds is 5. The number of pyridine rings is 1. The smallest absolute Gasteiger partial charge is 0.416 e. The van der Waals surface area contributed by atoms with Gasteiger partial charge in [0.1, 0.15) is 5.82 Å². The number of nitrogens with zero attached hydrogens (tertiary/aromatic N) is 3. The number of carbonyl (C=O) groups is 1. The summed E-state index contributed by atoms with van der Waals surface area (Å²) in [5.74, 6) is -1.45. The molecule has 2 aromatic heterocycles. The minimum atomic E-state index is -4.66. The largest absolute Gasteiger partial charge is 0.464 e. The minimum Gasteiger partial charge on any atom is -0.464 e. The van der Waals surface area contributed by atoms with Crippen LogP contribution in [-0.4, -0.2) is 33.0 Å². The van der Waals surface area contributed by atoms with E-state index >= 15 is 0 Å². The Bertz CT molecular complexity index is 1050. The summed E-state index contributed by atoms with van der Waals surface area (Å²) in [7, 11) is 1.19. The van der Waals surface area contributed by atoms with Crippen molar-refractivity contribution < 1.29 is 32.2 Å². The summed E-state index contributed by atoms with van der Waals surface area (Å²) in [6, 6.07) is 6.76. The molecule has 0 fully saturated rings. The Kier molecular flexibility index (Phi) is 5.64. The molecule has 3 rings (SSSR count). The number of ether oxygens (including phenoxy) is 1. The standard InChI is InChI=1S/C19H15F4N3O3/c1-29-18(28)16-9-15(10-27)26(25-16)17-7-11(2-3-24-17)4-12-5-13(19(21,22)23)8-14(20)6-12/h2-3,5-9,27H,4,10H2,1H3. The number of aromatic nitrogens is 3. The molecule has 152 valence electrons. The fraction of sp³-hybridized carbons (Fsp3) is 0.211. The molecule has 10 heteroatoms. The highest BCUT2D eigenvalue weighted by Gasteiger charge is 2.31. The van der Waals surface area contributed by atoms with E-state index in [9.17, 15) is 27.5 Å². The van der Waals surface area contributed by atoms with E-state index < -0.39 is 30.1 Å². The molecule has 1 N–H and O–H groups in total. The SMILES string of the molecule is COC(=O)c1cc(CO)n(-c2cc(Cc3cc(F)cc(C(F)(F)F)c3)ccn2)n1. The third-order valence-electron chi connectivity index (χ3n) is 4.06. The number of esters is 1. The lowest BCUT2D eigenvalue weighted by atomic mass is 10.0. The van der Waals surface area contributed by atoms with Gasteiger partial charge >= 0.3 is 12.1 Å². The summed E-state index contributed by atoms with van der Waals surface area (Å²) < 4.78 is 58.1. The van der Waals surface area contributed by atoms with Crippen LogP contribution in [-0.2, 0) is 23.9 Å². The van der Waals surface area contributed by atoms with Crippen LogP contribution in [0.1, 0.15) is 32.9 Å². The number of carbonyl (C=O) groups excluding carboxylic acids is 1. The van der Waals surface area contributed by atoms with Gasteiger partial charge in [-0.05, 0) is 53.9 Å². The summed E-state index contributed by atoms with van der Waals surface area (Å²) in [6.07, 6.45) is -3.25. The van der Waals surface area contributed by atoms with E-state index in [4.69, 9.17) is 0 Å². The molecule has 0 aliphatic heterocycles. The molecule has 2 heterocycles. The molecule has 0 aliphatic rings. The van der Waals surface area contributed by atoms with Crippen LogP contribution in [0.5, 0.6) is 0 Å². The molecule has 0 radical (unpaired) electrons. The van der Waals surface area contributed by atoms with Crippen LogP contribution < -0.4 is 0 Å². The van der Waals surface area contributed by atoms with E-state index in [1.807, 2.05) is 0 Å². The molecule has 0 bridgehead atoms. The van der Waals surface area contributed by atoms with Crippen molar-refractivity contribution >= 4 is 5.97 Å². The van der Waals surface area contributed by atoms with E-state index in [0.717, 1.165) is 12.1 Å². The lowest BCUT2D eigenvalue weighted by Crippen LogP contribution is -2.08. The number of aliphatic hydroxyl groups excluding tert-OH is 1. The van der Waals surface area contributed by atoms with E-state index in [1.54, 1.807) is 6.07 Å². The molecule has 0 amide bonds. The lowest BCUT2D eigenvalue weighted by molar-refractivity contribution is -0.137. The Morgan fingerprint density at radius 2 is 1.93 bits per heavy atom. The van der Waals surface area contributed by atoms with Crippen molar-refractivity contribution in [3.8, 4) is 5.82 Å². The molecule has 29 heavy (non-hydrogen) atoms. The van der Waals surface area contributed by atoms with Crippen molar-refractivity contribution in [1.82, 2.24) is 14.8 Å². The van der Waals surface area contributed by atoms with Gasteiger partial charge < -0.3 is 9.84 Å². The summed E-state index contributed by atoms with van der Waals surface area (Å²) in [4.78, 5) is 15.8. The number of benzene rings is 1. The Labute approximate surface area is 162 Å². The normalized spacial score (nSPS) is 11.5. The predicted molar refractivity (Wildman–Crippen MR) is 92.8 cm³/mol. The zero-order chi connectivity index (χ0) is 21.2. The molecule has 6 nitrogen and oxygen atoms in total. The third kappa shape index (κ3) is 4.60. The topological polar surface area (TPSA) is 77.2 Å². The first kappa shape index (κ1) is 20.5. The minimum absolute atomic E-state index is 0.00987. The van der Waals surface area contributed by atoms with Crippen LogP contribution in [0.4, 0.5) is 17.6 Å². The fourth-order valence-corrected chi connectivity index (χ4v) is 2.77. The third-order valence-corrected chi connectivity index (χ3v) is 4.06. The van der Waals surface area contributed by atoms with Crippen molar-refractivity contribution in [1.29, 1.82) is 0 Å². The second-order valence-corrected chi connectivity index (χ2v) is 6.13. The Hall–Kier alpha value is -3.27. The van der Waals surface area contributed by atoms with Crippen LogP contribution in [0.15, 0.2) is 42.6 Å². The first-order valence-electron chi connectivity index (χ1n) is 8.31. The average molecular weight is 409 g/mol. The maximum atomic E-state index is 13.6. The van der Waals surface area contributed by atoms with Gasteiger partial charge in [0.2, 0.25) is 0 Å². The zero-order valence-corrected chi connectivity index (χ0v) is 15.1. The van der Waals surface area contributed by atoms with E-state index in [0.29, 0.717) is 11.6 Å². The first-order chi connectivity index (χ1) is 13.7. The van der Waals surface area contributed by atoms with Crippen molar-refractivity contribution in [2.24, 2.45) is 0 Å². The summed E-state index contributed by atoms with van der Waals surface area (Å²) in [6.45, 7) is -0.436. The van der Waals surface area contributed by atoms with Crippen LogP contribution in [0.25, 0.3) is 5.82 Å². The number of hydrogen-bond acceptors (Lipinski definition) is 5. The fourth-order valence-electron chi connectivity index (χ4n) is 2.77. The van der Waals surface area contributed by atoms with Gasteiger partial charge in [0.05, 0.1) is 25.0 Å². The monoisotopic (exact) mass is 409 g/mol. The molecule has 0 aliphatic carbocycles. The van der Waals surface area contributed by atoms with Gasteiger partial charge in [-0.25, -0.2) is 18.9 Å². The van der Waals surface area contributed by atoms with Crippen LogP contribution in [0.3, 0.4) is 0 Å². The number of methoxy groups -OCH3 is 1. The van der Waals surface area contributed by atoms with Gasteiger partial charge in [-0.3, -0.25) is 0 Å². The average Bonchev–Trinajstić information content (AvgIpc) is 3.11. The van der Waals surface area contributed by atoms with Gasteiger partial charge in [0, 0.05) is 6.20 Å². The number of aliphatic hydroxyl groups is 1. The van der Waals surface area contributed by atoms with Gasteiger partial charge in [0.25, 0.3) is 0 Å². The highest BCUT2D eigenvalue weighted by Crippen LogP contribution is 2.31. The number of alkyl halides is 3.